The van der Waals surface area contributed by atoms with Crippen molar-refractivity contribution in [1.29, 1.82) is 0 Å². The monoisotopic (exact) mass is 292 g/mol. The zero-order valence-electron chi connectivity index (χ0n) is 12.7. The van der Waals surface area contributed by atoms with Crippen LogP contribution in [0.4, 0.5) is 0 Å². The number of rotatable bonds is 5. The van der Waals surface area contributed by atoms with E-state index in [4.69, 9.17) is 4.74 Å². The number of phenolic OH excluding ortho intramolecular Hbond substituents is 1. The van der Waals surface area contributed by atoms with Gasteiger partial charge in [-0.15, -0.1) is 0 Å². The molecule has 5 nitrogen and oxygen atoms in total. The van der Waals surface area contributed by atoms with Gasteiger partial charge < -0.3 is 15.2 Å². The molecule has 0 saturated carbocycles. The van der Waals surface area contributed by atoms with Crippen LogP contribution in [0.5, 0.6) is 5.75 Å². The first-order valence-electron chi connectivity index (χ1n) is 7.47. The Morgan fingerprint density at radius 2 is 2.00 bits per heavy atom. The number of morpholine rings is 1. The summed E-state index contributed by atoms with van der Waals surface area (Å²) in [6.45, 7) is 8.18. The number of hydrogen-bond acceptors (Lipinski definition) is 4. The maximum absolute atomic E-state index is 12.2. The van der Waals surface area contributed by atoms with Crippen molar-refractivity contribution in [2.75, 3.05) is 32.8 Å². The molecular formula is C16H24N2O3. The summed E-state index contributed by atoms with van der Waals surface area (Å²) in [4.78, 5) is 14.5. The zero-order chi connectivity index (χ0) is 15.2. The van der Waals surface area contributed by atoms with Crippen molar-refractivity contribution in [3.63, 3.8) is 0 Å². The lowest BCUT2D eigenvalue weighted by molar-refractivity contribution is 0.00672. The molecule has 0 aliphatic carbocycles. The molecule has 1 aromatic rings. The molecule has 2 rings (SSSR count). The van der Waals surface area contributed by atoms with Gasteiger partial charge in [0.25, 0.3) is 5.91 Å². The summed E-state index contributed by atoms with van der Waals surface area (Å²) in [6.07, 6.45) is 0. The van der Waals surface area contributed by atoms with Gasteiger partial charge in [-0.1, -0.05) is 26.0 Å². The number of nitrogens with one attached hydrogen (secondary N) is 1. The first-order chi connectivity index (χ1) is 10.1. The largest absolute Gasteiger partial charge is 0.507 e. The van der Waals surface area contributed by atoms with E-state index in [1.165, 1.54) is 6.07 Å². The fourth-order valence-corrected chi connectivity index (χ4v) is 2.65. The van der Waals surface area contributed by atoms with Gasteiger partial charge in [0.2, 0.25) is 0 Å². The second-order valence-corrected chi connectivity index (χ2v) is 5.69. The summed E-state index contributed by atoms with van der Waals surface area (Å²) in [6, 6.07) is 6.89. The van der Waals surface area contributed by atoms with E-state index in [1.54, 1.807) is 18.2 Å². The number of ether oxygens (including phenoxy) is 1. The van der Waals surface area contributed by atoms with Crippen molar-refractivity contribution < 1.29 is 14.6 Å². The molecule has 1 aliphatic rings. The molecule has 1 fully saturated rings. The molecule has 1 amide bonds. The second-order valence-electron chi connectivity index (χ2n) is 5.69. The minimum absolute atomic E-state index is 0.0162. The molecule has 2 N–H and O–H groups in total. The number of amides is 1. The van der Waals surface area contributed by atoms with Crippen molar-refractivity contribution in [3.8, 4) is 5.75 Å². The summed E-state index contributed by atoms with van der Waals surface area (Å²) < 4.78 is 5.38. The first kappa shape index (κ1) is 15.8. The van der Waals surface area contributed by atoms with Crippen LogP contribution in [0, 0.1) is 5.92 Å². The minimum Gasteiger partial charge on any atom is -0.507 e. The Morgan fingerprint density at radius 3 is 2.62 bits per heavy atom. The van der Waals surface area contributed by atoms with Gasteiger partial charge in [0.15, 0.2) is 0 Å². The predicted molar refractivity (Wildman–Crippen MR) is 81.5 cm³/mol. The summed E-state index contributed by atoms with van der Waals surface area (Å²) >= 11 is 0. The standard InChI is InChI=1S/C16H24N2O3/c1-12(2)14(18-7-9-21-10-8-18)11-17-16(20)13-5-3-4-6-15(13)19/h3-6,12,14,19H,7-11H2,1-2H3,(H,17,20). The number of carbonyl (C=O) groups excluding carboxylic acids is 1. The van der Waals surface area contributed by atoms with E-state index in [2.05, 4.69) is 24.1 Å². The molecule has 0 radical (unpaired) electrons. The van der Waals surface area contributed by atoms with Crippen LogP contribution in [-0.2, 0) is 4.74 Å². The second kappa shape index (κ2) is 7.43. The van der Waals surface area contributed by atoms with Gasteiger partial charge in [0, 0.05) is 25.7 Å². The Hall–Kier alpha value is -1.59. The number of benzene rings is 1. The van der Waals surface area contributed by atoms with Crippen molar-refractivity contribution in [3.05, 3.63) is 29.8 Å². The van der Waals surface area contributed by atoms with E-state index in [9.17, 15) is 9.90 Å². The van der Waals surface area contributed by atoms with Crippen LogP contribution in [0.2, 0.25) is 0 Å². The molecule has 1 saturated heterocycles. The lowest BCUT2D eigenvalue weighted by Gasteiger charge is -2.36. The van der Waals surface area contributed by atoms with E-state index in [1.807, 2.05) is 0 Å². The Kier molecular flexibility index (Phi) is 5.59. The molecule has 0 spiro atoms. The summed E-state index contributed by atoms with van der Waals surface area (Å²) in [5.41, 5.74) is 0.321. The van der Waals surface area contributed by atoms with Crippen molar-refractivity contribution in [2.45, 2.75) is 19.9 Å². The Bertz CT molecular complexity index is 470. The minimum atomic E-state index is -0.230. The van der Waals surface area contributed by atoms with E-state index in [0.29, 0.717) is 18.0 Å². The van der Waals surface area contributed by atoms with E-state index >= 15 is 0 Å². The average molecular weight is 292 g/mol. The number of phenols is 1. The molecule has 1 heterocycles. The average Bonchev–Trinajstić information content (AvgIpc) is 2.48. The Balaban J connectivity index is 1.95. The van der Waals surface area contributed by atoms with Gasteiger partial charge in [0.1, 0.15) is 5.75 Å². The van der Waals surface area contributed by atoms with Crippen LogP contribution < -0.4 is 5.32 Å². The maximum Gasteiger partial charge on any atom is 0.255 e. The molecule has 1 unspecified atom stereocenters. The molecule has 0 aromatic heterocycles. The summed E-state index contributed by atoms with van der Waals surface area (Å²) in [5, 5.41) is 12.7. The molecule has 21 heavy (non-hydrogen) atoms. The fourth-order valence-electron chi connectivity index (χ4n) is 2.65. The summed E-state index contributed by atoms with van der Waals surface area (Å²) in [5.74, 6) is 0.224. The topological polar surface area (TPSA) is 61.8 Å². The van der Waals surface area contributed by atoms with Gasteiger partial charge in [-0.05, 0) is 18.1 Å². The zero-order valence-corrected chi connectivity index (χ0v) is 12.7. The Morgan fingerprint density at radius 1 is 1.33 bits per heavy atom. The van der Waals surface area contributed by atoms with E-state index < -0.39 is 0 Å². The van der Waals surface area contributed by atoms with E-state index in [-0.39, 0.29) is 17.7 Å². The van der Waals surface area contributed by atoms with Gasteiger partial charge in [-0.25, -0.2) is 0 Å². The van der Waals surface area contributed by atoms with Crippen LogP contribution in [0.3, 0.4) is 0 Å². The quantitative estimate of drug-likeness (QED) is 0.863. The van der Waals surface area contributed by atoms with Crippen LogP contribution in [-0.4, -0.2) is 54.8 Å². The third kappa shape index (κ3) is 4.19. The van der Waals surface area contributed by atoms with Crippen molar-refractivity contribution in [2.24, 2.45) is 5.92 Å². The highest BCUT2D eigenvalue weighted by Gasteiger charge is 2.24. The molecule has 1 aromatic carbocycles. The fraction of sp³-hybridized carbons (Fsp3) is 0.562. The normalized spacial score (nSPS) is 17.7. The number of carbonyl (C=O) groups is 1. The van der Waals surface area contributed by atoms with E-state index in [0.717, 1.165) is 26.3 Å². The molecular weight excluding hydrogens is 268 g/mol. The van der Waals surface area contributed by atoms with Gasteiger partial charge in [-0.3, -0.25) is 9.69 Å². The number of nitrogens with zero attached hydrogens (tertiary/aromatic N) is 1. The predicted octanol–water partition coefficient (Wildman–Crippen LogP) is 1.48. The maximum atomic E-state index is 12.2. The molecule has 1 aliphatic heterocycles. The van der Waals surface area contributed by atoms with Crippen LogP contribution >= 0.6 is 0 Å². The molecule has 1 atom stereocenters. The number of hydrogen-bond donors (Lipinski definition) is 2. The van der Waals surface area contributed by atoms with Gasteiger partial charge in [0.05, 0.1) is 18.8 Å². The third-order valence-electron chi connectivity index (χ3n) is 3.90. The highest BCUT2D eigenvalue weighted by atomic mass is 16.5. The van der Waals surface area contributed by atoms with Crippen molar-refractivity contribution >= 4 is 5.91 Å². The van der Waals surface area contributed by atoms with Gasteiger partial charge >= 0.3 is 0 Å². The third-order valence-corrected chi connectivity index (χ3v) is 3.90. The molecule has 116 valence electrons. The lowest BCUT2D eigenvalue weighted by Crippen LogP contribution is -2.51. The van der Waals surface area contributed by atoms with Crippen molar-refractivity contribution in [1.82, 2.24) is 10.2 Å². The van der Waals surface area contributed by atoms with Crippen LogP contribution in [0.1, 0.15) is 24.2 Å². The Labute approximate surface area is 125 Å². The SMILES string of the molecule is CC(C)C(CNC(=O)c1ccccc1O)N1CCOCC1. The number of para-hydroxylation sites is 1. The molecule has 5 heteroatoms. The lowest BCUT2D eigenvalue weighted by atomic mass is 10.0. The summed E-state index contributed by atoms with van der Waals surface area (Å²) in [7, 11) is 0. The molecule has 0 bridgehead atoms. The van der Waals surface area contributed by atoms with Crippen LogP contribution in [0.25, 0.3) is 0 Å². The number of aromatic hydroxyl groups is 1. The van der Waals surface area contributed by atoms with Gasteiger partial charge in [-0.2, -0.15) is 0 Å². The first-order valence-corrected chi connectivity index (χ1v) is 7.47. The smallest absolute Gasteiger partial charge is 0.255 e. The highest BCUT2D eigenvalue weighted by Crippen LogP contribution is 2.16. The van der Waals surface area contributed by atoms with Crippen LogP contribution in [0.15, 0.2) is 24.3 Å². The highest BCUT2D eigenvalue weighted by molar-refractivity contribution is 5.96.